The summed E-state index contributed by atoms with van der Waals surface area (Å²) in [5.74, 6) is -1.68. The van der Waals surface area contributed by atoms with Crippen molar-refractivity contribution in [2.75, 3.05) is 12.0 Å². The molecule has 0 aliphatic carbocycles. The summed E-state index contributed by atoms with van der Waals surface area (Å²) in [5, 5.41) is 13.2. The summed E-state index contributed by atoms with van der Waals surface area (Å²) in [6.07, 6.45) is -0.658. The highest BCUT2D eigenvalue weighted by Gasteiger charge is 2.47. The van der Waals surface area contributed by atoms with E-state index >= 15 is 0 Å². The number of carbonyl (C=O) groups excluding carboxylic acids is 1. The molecule has 178 valence electrons. The molecule has 1 aliphatic rings. The number of aromatic carboxylic acids is 1. The van der Waals surface area contributed by atoms with Crippen molar-refractivity contribution in [1.82, 2.24) is 19.7 Å². The number of carboxylic acids is 1. The molecule has 0 saturated carbocycles. The van der Waals surface area contributed by atoms with Crippen LogP contribution in [0.25, 0.3) is 11.3 Å². The van der Waals surface area contributed by atoms with Gasteiger partial charge in [0.1, 0.15) is 12.1 Å². The number of alkyl halides is 3. The number of anilines is 1. The highest BCUT2D eigenvalue weighted by Crippen LogP contribution is 2.43. The summed E-state index contributed by atoms with van der Waals surface area (Å²) < 4.78 is 44.0. The number of aromatic nitrogens is 4. The largest absolute Gasteiger partial charge is 0.480 e. The number of hydrogen-bond donors (Lipinski definition) is 1. The number of carboxylic acid groups (broad SMARTS) is 1. The highest BCUT2D eigenvalue weighted by molar-refractivity contribution is 6.12. The summed E-state index contributed by atoms with van der Waals surface area (Å²) in [6, 6.07) is 3.02. The van der Waals surface area contributed by atoms with Crippen molar-refractivity contribution in [2.45, 2.75) is 39.0 Å². The second-order valence-corrected chi connectivity index (χ2v) is 8.34. The van der Waals surface area contributed by atoms with Crippen molar-refractivity contribution in [3.05, 3.63) is 53.1 Å². The van der Waals surface area contributed by atoms with Gasteiger partial charge in [0.2, 0.25) is 5.88 Å². The maximum Gasteiger partial charge on any atom is 0.408 e. The van der Waals surface area contributed by atoms with Gasteiger partial charge >= 0.3 is 12.1 Å². The van der Waals surface area contributed by atoms with Crippen LogP contribution in [0.1, 0.15) is 45.8 Å². The summed E-state index contributed by atoms with van der Waals surface area (Å²) in [7, 11) is 1.31. The fourth-order valence-corrected chi connectivity index (χ4v) is 4.09. The Morgan fingerprint density at radius 3 is 2.56 bits per heavy atom. The molecule has 1 amide bonds. The van der Waals surface area contributed by atoms with Gasteiger partial charge in [-0.25, -0.2) is 14.8 Å². The molecule has 3 aromatic rings. The van der Waals surface area contributed by atoms with Gasteiger partial charge in [0.25, 0.3) is 5.91 Å². The van der Waals surface area contributed by atoms with E-state index in [0.717, 1.165) is 4.68 Å². The smallest absolute Gasteiger partial charge is 0.408 e. The third-order valence-corrected chi connectivity index (χ3v) is 5.56. The van der Waals surface area contributed by atoms with E-state index in [4.69, 9.17) is 4.74 Å². The molecule has 0 spiro atoms. The number of carbonyl (C=O) groups is 2. The first-order valence-electron chi connectivity index (χ1n) is 10.1. The lowest BCUT2D eigenvalue weighted by Gasteiger charge is -2.30. The number of fused-ring (bicyclic) bond motifs is 1. The molecular weight excluding hydrogens is 455 g/mol. The zero-order valence-corrected chi connectivity index (χ0v) is 18.6. The molecule has 0 aromatic carbocycles. The zero-order valence-electron chi connectivity index (χ0n) is 18.6. The minimum Gasteiger partial charge on any atom is -0.480 e. The van der Waals surface area contributed by atoms with Crippen LogP contribution < -0.4 is 9.64 Å². The second-order valence-electron chi connectivity index (χ2n) is 8.34. The third-order valence-electron chi connectivity index (χ3n) is 5.56. The molecule has 1 N–H and O–H groups in total. The number of aryl methyl sites for hydroxylation is 1. The number of amides is 1. The molecule has 0 unspecified atom stereocenters. The summed E-state index contributed by atoms with van der Waals surface area (Å²) in [6.45, 7) is 3.88. The van der Waals surface area contributed by atoms with E-state index in [1.54, 1.807) is 26.8 Å². The van der Waals surface area contributed by atoms with E-state index in [9.17, 15) is 27.9 Å². The van der Waals surface area contributed by atoms with Crippen LogP contribution in [0.4, 0.5) is 18.9 Å². The van der Waals surface area contributed by atoms with Crippen molar-refractivity contribution in [2.24, 2.45) is 0 Å². The molecule has 9 nitrogen and oxygen atoms in total. The molecule has 0 bridgehead atoms. The average Bonchev–Trinajstić information content (AvgIpc) is 3.25. The number of ether oxygens (including phenoxy) is 1. The van der Waals surface area contributed by atoms with Crippen LogP contribution in [0, 0.1) is 6.92 Å². The number of hydrogen-bond acceptors (Lipinski definition) is 6. The molecule has 4 heterocycles. The van der Waals surface area contributed by atoms with E-state index in [2.05, 4.69) is 15.1 Å². The standard InChI is InChI=1S/C22H20F3N5O4/c1-11-5-15(12-6-14(20(32)33)18(34-4)26-7-12)28-17-16(11)19(31)30(21(17,2)3)13-8-27-29(9-13)10-22(23,24)25/h5-9H,10H2,1-4H3,(H,32,33). The van der Waals surface area contributed by atoms with Gasteiger partial charge in [-0.15, -0.1) is 0 Å². The summed E-state index contributed by atoms with van der Waals surface area (Å²) in [4.78, 5) is 34.9. The third kappa shape index (κ3) is 3.84. The Kier molecular flexibility index (Phi) is 5.34. The lowest BCUT2D eigenvalue weighted by atomic mass is 9.96. The van der Waals surface area contributed by atoms with Gasteiger partial charge in [0, 0.05) is 18.0 Å². The van der Waals surface area contributed by atoms with Crippen LogP contribution in [0.3, 0.4) is 0 Å². The van der Waals surface area contributed by atoms with Gasteiger partial charge in [-0.3, -0.25) is 14.4 Å². The van der Waals surface area contributed by atoms with Gasteiger partial charge in [-0.2, -0.15) is 18.3 Å². The first-order valence-corrected chi connectivity index (χ1v) is 10.1. The Morgan fingerprint density at radius 2 is 1.94 bits per heavy atom. The maximum absolute atomic E-state index is 13.3. The molecule has 0 radical (unpaired) electrons. The number of methoxy groups -OCH3 is 1. The number of rotatable bonds is 5. The number of nitrogens with zero attached hydrogens (tertiary/aromatic N) is 5. The average molecular weight is 475 g/mol. The monoisotopic (exact) mass is 475 g/mol. The predicted molar refractivity (Wildman–Crippen MR) is 114 cm³/mol. The normalized spacial score (nSPS) is 14.9. The zero-order chi connectivity index (χ0) is 25.0. The van der Waals surface area contributed by atoms with Crippen molar-refractivity contribution in [3.63, 3.8) is 0 Å². The van der Waals surface area contributed by atoms with Crippen molar-refractivity contribution in [1.29, 1.82) is 0 Å². The first-order chi connectivity index (χ1) is 15.8. The van der Waals surface area contributed by atoms with Crippen LogP contribution in [0.15, 0.2) is 30.7 Å². The molecule has 0 saturated heterocycles. The minimum absolute atomic E-state index is 0.0494. The number of halogens is 3. The molecule has 0 atom stereocenters. The fourth-order valence-electron chi connectivity index (χ4n) is 4.09. The topological polar surface area (TPSA) is 110 Å². The van der Waals surface area contributed by atoms with Crippen molar-refractivity contribution in [3.8, 4) is 17.1 Å². The Hall–Kier alpha value is -3.96. The maximum atomic E-state index is 13.3. The molecular formula is C22H20F3N5O4. The van der Waals surface area contributed by atoms with Crippen molar-refractivity contribution >= 4 is 17.6 Å². The minimum atomic E-state index is -4.45. The van der Waals surface area contributed by atoms with Crippen LogP contribution >= 0.6 is 0 Å². The van der Waals surface area contributed by atoms with E-state index < -0.39 is 30.1 Å². The Bertz CT molecular complexity index is 1320. The molecule has 3 aromatic heterocycles. The Labute approximate surface area is 191 Å². The van der Waals surface area contributed by atoms with Gasteiger partial charge in [-0.1, -0.05) is 0 Å². The van der Waals surface area contributed by atoms with Gasteiger partial charge in [0.15, 0.2) is 0 Å². The second kappa shape index (κ2) is 7.82. The molecule has 1 aliphatic heterocycles. The Morgan fingerprint density at radius 1 is 1.24 bits per heavy atom. The number of pyridine rings is 2. The van der Waals surface area contributed by atoms with E-state index in [0.29, 0.717) is 28.1 Å². The van der Waals surface area contributed by atoms with Crippen LogP contribution in [-0.4, -0.2) is 50.0 Å². The first kappa shape index (κ1) is 23.2. The quantitative estimate of drug-likeness (QED) is 0.597. The van der Waals surface area contributed by atoms with Crippen molar-refractivity contribution < 1.29 is 32.6 Å². The van der Waals surface area contributed by atoms with Gasteiger partial charge in [0.05, 0.1) is 41.5 Å². The van der Waals surface area contributed by atoms with Crippen LogP contribution in [0.5, 0.6) is 5.88 Å². The van der Waals surface area contributed by atoms with Gasteiger partial charge in [-0.05, 0) is 38.5 Å². The molecule has 4 rings (SSSR count). The van der Waals surface area contributed by atoms with Gasteiger partial charge < -0.3 is 9.84 Å². The van der Waals surface area contributed by atoms with E-state index in [1.165, 1.54) is 36.7 Å². The highest BCUT2D eigenvalue weighted by atomic mass is 19.4. The summed E-state index contributed by atoms with van der Waals surface area (Å²) >= 11 is 0. The SMILES string of the molecule is COc1ncc(-c2cc(C)c3c(n2)C(C)(C)N(c2cnn(CC(F)(F)F)c2)C3=O)cc1C(=O)O. The van der Waals surface area contributed by atoms with E-state index in [1.807, 2.05) is 0 Å². The van der Waals surface area contributed by atoms with E-state index in [-0.39, 0.29) is 17.1 Å². The summed E-state index contributed by atoms with van der Waals surface area (Å²) in [5.41, 5.74) is 1.16. The predicted octanol–water partition coefficient (Wildman–Crippen LogP) is 3.81. The Balaban J connectivity index is 1.78. The van der Waals surface area contributed by atoms with Crippen LogP contribution in [-0.2, 0) is 12.1 Å². The lowest BCUT2D eigenvalue weighted by Crippen LogP contribution is -2.39. The lowest BCUT2D eigenvalue weighted by molar-refractivity contribution is -0.142. The molecule has 34 heavy (non-hydrogen) atoms. The molecule has 12 heteroatoms. The molecule has 0 fully saturated rings. The van der Waals surface area contributed by atoms with Crippen LogP contribution in [0.2, 0.25) is 0 Å². The fraction of sp³-hybridized carbons (Fsp3) is 0.318.